The maximum Gasteiger partial charge on any atom is 0.333 e. The van der Waals surface area contributed by atoms with Crippen LogP contribution in [0, 0.1) is 6.92 Å². The van der Waals surface area contributed by atoms with Gasteiger partial charge in [0.25, 0.3) is 0 Å². The SMILES string of the molecule is Cc1cc2c3c(c1)N(c1ccc(C(C)(C)C)cc1-c1ccccc1)c1cc(N(c4ccc(C(C)(C)C)cc4)c4ccc(C(C)(C)C)cc4)ccc1B3N(c1ccc(C(C)(C)C)cc1)c1c-2ccc2oc3cc4c(cc3c12)C(C)(C)CCC4(C)C. The fraction of sp³-hybridized carbons (Fsp3) is 0.316. The van der Waals surface area contributed by atoms with Gasteiger partial charge in [0.05, 0.1) is 11.1 Å². The molecule has 3 heterocycles. The third-order valence-corrected chi connectivity index (χ3v) is 19.2. The summed E-state index contributed by atoms with van der Waals surface area (Å²) in [7, 11) is 0. The molecule has 0 unspecified atom stereocenters. The second-order valence-corrected chi connectivity index (χ2v) is 30.3. The first-order valence-electron chi connectivity index (χ1n) is 30.8. The zero-order valence-corrected chi connectivity index (χ0v) is 53.0. The average molecular weight is 1100 g/mol. The molecule has 0 N–H and O–H groups in total. The van der Waals surface area contributed by atoms with Crippen LogP contribution in [0.3, 0.4) is 0 Å². The third-order valence-electron chi connectivity index (χ3n) is 19.2. The van der Waals surface area contributed by atoms with E-state index >= 15 is 0 Å². The quantitative estimate of drug-likeness (QED) is 0.155. The van der Waals surface area contributed by atoms with Crippen LogP contribution in [0.1, 0.15) is 163 Å². The molecule has 13 rings (SSSR count). The Morgan fingerprint density at radius 3 is 1.56 bits per heavy atom. The van der Waals surface area contributed by atoms with E-state index in [2.05, 4.69) is 308 Å². The number of fused-ring (bicyclic) bond motifs is 9. The second-order valence-electron chi connectivity index (χ2n) is 30.3. The van der Waals surface area contributed by atoms with Gasteiger partial charge in [-0.3, -0.25) is 0 Å². The molecule has 3 aliphatic rings. The summed E-state index contributed by atoms with van der Waals surface area (Å²) in [5, 5.41) is 2.36. The monoisotopic (exact) mass is 1100 g/mol. The number of hydrogen-bond acceptors (Lipinski definition) is 4. The van der Waals surface area contributed by atoms with Gasteiger partial charge >= 0.3 is 6.85 Å². The Balaban J connectivity index is 1.15. The van der Waals surface area contributed by atoms with E-state index in [4.69, 9.17) is 4.42 Å². The zero-order valence-electron chi connectivity index (χ0n) is 53.0. The van der Waals surface area contributed by atoms with Crippen LogP contribution in [-0.2, 0) is 32.5 Å². The van der Waals surface area contributed by atoms with Crippen molar-refractivity contribution in [3.63, 3.8) is 0 Å². The fourth-order valence-corrected chi connectivity index (χ4v) is 14.0. The summed E-state index contributed by atoms with van der Waals surface area (Å²) in [4.78, 5) is 7.81. The van der Waals surface area contributed by atoms with E-state index in [1.807, 2.05) is 0 Å². The lowest BCUT2D eigenvalue weighted by Crippen LogP contribution is -2.61. The van der Waals surface area contributed by atoms with Crippen LogP contribution in [0.5, 0.6) is 0 Å². The Hall–Kier alpha value is -7.76. The van der Waals surface area contributed by atoms with Crippen LogP contribution in [0.15, 0.2) is 180 Å². The molecule has 0 fully saturated rings. The van der Waals surface area contributed by atoms with E-state index in [9.17, 15) is 0 Å². The van der Waals surface area contributed by atoms with Gasteiger partial charge in [-0.1, -0.05) is 196 Å². The van der Waals surface area contributed by atoms with Gasteiger partial charge in [-0.15, -0.1) is 0 Å². The summed E-state index contributed by atoms with van der Waals surface area (Å²) >= 11 is 0. The highest BCUT2D eigenvalue weighted by Crippen LogP contribution is 2.55. The van der Waals surface area contributed by atoms with Crippen molar-refractivity contribution >= 4 is 85.2 Å². The molecular weight excluding hydrogens is 1020 g/mol. The number of benzene rings is 9. The molecule has 10 aromatic rings. The highest BCUT2D eigenvalue weighted by molar-refractivity contribution is 6.94. The molecule has 1 aliphatic carbocycles. The van der Waals surface area contributed by atoms with Gasteiger partial charge in [0.2, 0.25) is 0 Å². The Morgan fingerprint density at radius 1 is 0.452 bits per heavy atom. The van der Waals surface area contributed by atoms with Crippen LogP contribution < -0.4 is 25.5 Å². The van der Waals surface area contributed by atoms with E-state index in [-0.39, 0.29) is 39.3 Å². The van der Waals surface area contributed by atoms with Crippen molar-refractivity contribution in [2.75, 3.05) is 14.6 Å². The van der Waals surface area contributed by atoms with Gasteiger partial charge in [-0.2, -0.15) is 0 Å². The van der Waals surface area contributed by atoms with Gasteiger partial charge in [0.1, 0.15) is 11.2 Å². The van der Waals surface area contributed by atoms with E-state index in [1.54, 1.807) is 0 Å². The molecule has 1 aromatic heterocycles. The molecule has 0 saturated carbocycles. The van der Waals surface area contributed by atoms with E-state index < -0.39 is 0 Å². The Kier molecular flexibility index (Phi) is 12.6. The Bertz CT molecular complexity index is 4170. The second kappa shape index (κ2) is 19.1. The first-order chi connectivity index (χ1) is 39.6. The predicted molar refractivity (Wildman–Crippen MR) is 362 cm³/mol. The standard InChI is InChI=1S/C79H84BN3O/c1-49-43-61-59-37-40-69-71(62-47-63-64(48-70(62)84-69)79(16,17)42-41-78(63,14)15)73(59)83(57-34-27-53(28-35-57)76(8,9)10)80-65-38-36-58(81(55-30-23-51(24-31-55)74(2,3)4)56-32-25-52(26-33-56)75(5,6)7)46-67(65)82(68(44-49)72(61)80)66-39-29-54(77(11,12)13)45-60(66)50-21-19-18-20-22-50/h18-40,43-48H,41-42H2,1-17H3. The van der Waals surface area contributed by atoms with Crippen molar-refractivity contribution in [1.82, 2.24) is 0 Å². The molecule has 0 spiro atoms. The largest absolute Gasteiger partial charge is 0.456 e. The molecule has 0 bridgehead atoms. The van der Waals surface area contributed by atoms with E-state index in [1.165, 1.54) is 94.3 Å². The predicted octanol–water partition coefficient (Wildman–Crippen LogP) is 21.3. The molecule has 4 nitrogen and oxygen atoms in total. The van der Waals surface area contributed by atoms with Crippen molar-refractivity contribution in [1.29, 1.82) is 0 Å². The number of aryl methyl sites for hydroxylation is 1. The average Bonchev–Trinajstić information content (AvgIpc) is 2.13. The summed E-state index contributed by atoms with van der Waals surface area (Å²) in [6.07, 6.45) is 2.28. The number of nitrogens with zero attached hydrogens (tertiary/aromatic N) is 3. The minimum atomic E-state index is -0.230. The molecule has 0 radical (unpaired) electrons. The number of rotatable bonds is 6. The van der Waals surface area contributed by atoms with Gasteiger partial charge in [-0.05, 0) is 204 Å². The van der Waals surface area contributed by atoms with Crippen molar-refractivity contribution in [2.24, 2.45) is 0 Å². The number of furan rings is 1. The molecule has 0 saturated heterocycles. The fourth-order valence-electron chi connectivity index (χ4n) is 14.0. The topological polar surface area (TPSA) is 22.9 Å². The molecule has 84 heavy (non-hydrogen) atoms. The van der Waals surface area contributed by atoms with Crippen molar-refractivity contribution in [2.45, 2.75) is 163 Å². The van der Waals surface area contributed by atoms with Gasteiger partial charge in [-0.25, -0.2) is 0 Å². The molecule has 0 amide bonds. The first kappa shape index (κ1) is 55.4. The lowest BCUT2D eigenvalue weighted by molar-refractivity contribution is 0.332. The highest BCUT2D eigenvalue weighted by atomic mass is 16.3. The lowest BCUT2D eigenvalue weighted by Gasteiger charge is -2.46. The first-order valence-corrected chi connectivity index (χ1v) is 30.8. The molecule has 0 atom stereocenters. The summed E-state index contributed by atoms with van der Waals surface area (Å²) in [5.41, 5.74) is 27.6. The Labute approximate surface area is 501 Å². The van der Waals surface area contributed by atoms with Crippen LogP contribution in [-0.4, -0.2) is 6.85 Å². The van der Waals surface area contributed by atoms with E-state index in [0.717, 1.165) is 58.1 Å². The lowest BCUT2D eigenvalue weighted by atomic mass is 9.43. The molecular formula is C79H84BN3O. The minimum Gasteiger partial charge on any atom is -0.456 e. The number of hydrogen-bond donors (Lipinski definition) is 0. The van der Waals surface area contributed by atoms with Crippen LogP contribution >= 0.6 is 0 Å². The molecule has 424 valence electrons. The maximum atomic E-state index is 7.18. The van der Waals surface area contributed by atoms with Gasteiger partial charge < -0.3 is 19.0 Å². The third kappa shape index (κ3) is 9.18. The highest BCUT2D eigenvalue weighted by Gasteiger charge is 2.47. The smallest absolute Gasteiger partial charge is 0.333 e. The molecule has 9 aromatic carbocycles. The maximum absolute atomic E-state index is 7.18. The van der Waals surface area contributed by atoms with Crippen molar-refractivity contribution < 1.29 is 4.42 Å². The van der Waals surface area contributed by atoms with Gasteiger partial charge in [0, 0.05) is 56.3 Å². The molecule has 5 heteroatoms. The zero-order chi connectivity index (χ0) is 59.4. The van der Waals surface area contributed by atoms with E-state index in [0.29, 0.717) is 0 Å². The van der Waals surface area contributed by atoms with Crippen LogP contribution in [0.2, 0.25) is 0 Å². The summed E-state index contributed by atoms with van der Waals surface area (Å²) < 4.78 is 7.18. The normalized spacial score (nSPS) is 15.5. The summed E-state index contributed by atoms with van der Waals surface area (Å²) in [6, 6.07) is 68.2. The minimum absolute atomic E-state index is 0.00614. The Morgan fingerprint density at radius 2 is 0.988 bits per heavy atom. The van der Waals surface area contributed by atoms with Crippen molar-refractivity contribution in [3.8, 4) is 22.3 Å². The van der Waals surface area contributed by atoms with Crippen LogP contribution in [0.25, 0.3) is 44.2 Å². The van der Waals surface area contributed by atoms with Crippen LogP contribution in [0.4, 0.5) is 45.5 Å². The summed E-state index contributed by atoms with van der Waals surface area (Å²) in [5.74, 6) is 0. The number of anilines is 8. The van der Waals surface area contributed by atoms with Crippen molar-refractivity contribution in [3.05, 3.63) is 215 Å². The molecule has 2 aliphatic heterocycles. The summed E-state index contributed by atoms with van der Waals surface area (Å²) in [6.45, 7) is 39.5. The van der Waals surface area contributed by atoms with Gasteiger partial charge in [0.15, 0.2) is 0 Å².